The van der Waals surface area contributed by atoms with Crippen LogP contribution in [0.25, 0.3) is 0 Å². The van der Waals surface area contributed by atoms with Crippen LogP contribution in [0.3, 0.4) is 0 Å². The van der Waals surface area contributed by atoms with E-state index in [2.05, 4.69) is 9.47 Å². The van der Waals surface area contributed by atoms with Crippen LogP contribution in [-0.4, -0.2) is 32.4 Å². The topological polar surface area (TPSA) is 99.4 Å². The van der Waals surface area contributed by atoms with E-state index in [0.717, 1.165) is 0 Å². The molecule has 2 rings (SSSR count). The van der Waals surface area contributed by atoms with E-state index in [0.29, 0.717) is 0 Å². The van der Waals surface area contributed by atoms with Crippen LogP contribution >= 0.6 is 0 Å². The average Bonchev–Trinajstić information content (AvgIpc) is 2.05. The van der Waals surface area contributed by atoms with E-state index in [9.17, 15) is 0 Å². The molecule has 6 nitrogen and oxygen atoms in total. The molecule has 0 saturated carbocycles. The predicted molar refractivity (Wildman–Crippen MR) is 42.0 cm³/mol. The molecular formula is C8H8O6. The van der Waals surface area contributed by atoms with E-state index in [4.69, 9.17) is 20.4 Å². The molecule has 76 valence electrons. The fourth-order valence-corrected chi connectivity index (χ4v) is 1.06. The zero-order valence-corrected chi connectivity index (χ0v) is 6.91. The Bertz CT molecular complexity index is 324. The molecule has 0 fully saturated rings. The van der Waals surface area contributed by atoms with E-state index in [1.807, 2.05) is 0 Å². The standard InChI is InChI=1S/C8H8O6/c9-7(10)8(11,12)14-6-4-2-1-3-5(6)13-7/h1-4,9-12H. The number of rotatable bonds is 0. The van der Waals surface area contributed by atoms with Crippen LogP contribution < -0.4 is 9.47 Å². The van der Waals surface area contributed by atoms with Crippen LogP contribution in [0.5, 0.6) is 11.5 Å². The summed E-state index contributed by atoms with van der Waals surface area (Å²) in [5.41, 5.74) is 0. The smallest absolute Gasteiger partial charge is 0.422 e. The molecule has 1 aromatic rings. The van der Waals surface area contributed by atoms with Gasteiger partial charge in [0.1, 0.15) is 0 Å². The van der Waals surface area contributed by atoms with Gasteiger partial charge in [-0.2, -0.15) is 0 Å². The molecule has 1 heterocycles. The summed E-state index contributed by atoms with van der Waals surface area (Å²) in [6.45, 7) is 0. The summed E-state index contributed by atoms with van der Waals surface area (Å²) in [5.74, 6) is -6.37. The van der Waals surface area contributed by atoms with Gasteiger partial charge in [-0.1, -0.05) is 12.1 Å². The summed E-state index contributed by atoms with van der Waals surface area (Å²) in [4.78, 5) is 0. The van der Waals surface area contributed by atoms with Crippen LogP contribution in [-0.2, 0) is 0 Å². The quantitative estimate of drug-likeness (QED) is 0.390. The molecule has 0 spiro atoms. The monoisotopic (exact) mass is 200 g/mol. The van der Waals surface area contributed by atoms with Crippen molar-refractivity contribution in [2.24, 2.45) is 0 Å². The van der Waals surface area contributed by atoms with Crippen molar-refractivity contribution in [2.75, 3.05) is 0 Å². The maximum absolute atomic E-state index is 9.06. The Kier molecular flexibility index (Phi) is 1.70. The van der Waals surface area contributed by atoms with Gasteiger partial charge in [0.25, 0.3) is 0 Å². The zero-order chi connectivity index (χ0) is 10.4. The first-order valence-corrected chi connectivity index (χ1v) is 3.79. The Morgan fingerprint density at radius 2 is 1.14 bits per heavy atom. The Labute approximate surface area is 78.6 Å². The molecule has 0 saturated heterocycles. The Morgan fingerprint density at radius 3 is 1.50 bits per heavy atom. The maximum Gasteiger partial charge on any atom is 0.422 e. The lowest BCUT2D eigenvalue weighted by Gasteiger charge is -2.37. The van der Waals surface area contributed by atoms with Gasteiger partial charge in [0.05, 0.1) is 0 Å². The zero-order valence-electron chi connectivity index (χ0n) is 6.91. The Hall–Kier alpha value is -1.34. The fourth-order valence-electron chi connectivity index (χ4n) is 1.06. The summed E-state index contributed by atoms with van der Waals surface area (Å²) in [6, 6.07) is 5.93. The van der Waals surface area contributed by atoms with Gasteiger partial charge in [0.15, 0.2) is 11.5 Å². The van der Waals surface area contributed by atoms with Crippen molar-refractivity contribution in [1.29, 1.82) is 0 Å². The van der Waals surface area contributed by atoms with E-state index >= 15 is 0 Å². The minimum absolute atomic E-state index is 0.0104. The number of hydrogen-bond donors (Lipinski definition) is 4. The van der Waals surface area contributed by atoms with Crippen molar-refractivity contribution in [3.05, 3.63) is 24.3 Å². The molecule has 6 heteroatoms. The number of benzene rings is 1. The molecule has 14 heavy (non-hydrogen) atoms. The number of ether oxygens (including phenoxy) is 2. The third-order valence-electron chi connectivity index (χ3n) is 1.78. The number of para-hydroxylation sites is 2. The van der Waals surface area contributed by atoms with Crippen molar-refractivity contribution < 1.29 is 29.9 Å². The first-order chi connectivity index (χ1) is 6.42. The summed E-state index contributed by atoms with van der Waals surface area (Å²) in [6.07, 6.45) is 0. The summed E-state index contributed by atoms with van der Waals surface area (Å²) in [7, 11) is 0. The van der Waals surface area contributed by atoms with Crippen molar-refractivity contribution >= 4 is 0 Å². The molecule has 0 amide bonds. The number of fused-ring (bicyclic) bond motifs is 1. The van der Waals surface area contributed by atoms with Gasteiger partial charge in [-0.25, -0.2) is 0 Å². The van der Waals surface area contributed by atoms with Gasteiger partial charge in [-0.3, -0.25) is 0 Å². The second-order valence-corrected chi connectivity index (χ2v) is 2.87. The maximum atomic E-state index is 9.06. The van der Waals surface area contributed by atoms with Crippen LogP contribution in [0.1, 0.15) is 0 Å². The third-order valence-corrected chi connectivity index (χ3v) is 1.78. The van der Waals surface area contributed by atoms with E-state index in [-0.39, 0.29) is 11.5 Å². The fraction of sp³-hybridized carbons (Fsp3) is 0.250. The molecule has 4 N–H and O–H groups in total. The van der Waals surface area contributed by atoms with Gasteiger partial charge in [0.2, 0.25) is 0 Å². The molecule has 0 atom stereocenters. The normalized spacial score (nSPS) is 21.7. The van der Waals surface area contributed by atoms with Gasteiger partial charge in [-0.15, -0.1) is 0 Å². The molecular weight excluding hydrogens is 192 g/mol. The first-order valence-electron chi connectivity index (χ1n) is 3.79. The SMILES string of the molecule is OC1(O)Oc2ccccc2OC1(O)O. The highest BCUT2D eigenvalue weighted by molar-refractivity contribution is 5.41. The van der Waals surface area contributed by atoms with Crippen LogP contribution in [0, 0.1) is 0 Å². The predicted octanol–water partition coefficient (Wildman–Crippen LogP) is -1.27. The average molecular weight is 200 g/mol. The molecule has 1 aliphatic heterocycles. The summed E-state index contributed by atoms with van der Waals surface area (Å²) in [5, 5.41) is 36.2. The van der Waals surface area contributed by atoms with Gasteiger partial charge in [0, 0.05) is 0 Å². The molecule has 0 bridgehead atoms. The largest absolute Gasteiger partial charge is 0.428 e. The number of hydrogen-bond acceptors (Lipinski definition) is 6. The number of aliphatic hydroxyl groups is 4. The molecule has 1 aliphatic rings. The second-order valence-electron chi connectivity index (χ2n) is 2.87. The molecule has 0 aliphatic carbocycles. The van der Waals surface area contributed by atoms with Crippen LogP contribution in [0.2, 0.25) is 0 Å². The molecule has 0 aromatic heterocycles. The third kappa shape index (κ3) is 1.21. The van der Waals surface area contributed by atoms with Crippen molar-refractivity contribution in [1.82, 2.24) is 0 Å². The molecule has 0 unspecified atom stereocenters. The highest BCUT2D eigenvalue weighted by Crippen LogP contribution is 2.38. The minimum atomic E-state index is -3.19. The molecule has 0 radical (unpaired) electrons. The van der Waals surface area contributed by atoms with Crippen molar-refractivity contribution in [3.8, 4) is 11.5 Å². The minimum Gasteiger partial charge on any atom is -0.428 e. The molecule has 1 aromatic carbocycles. The lowest BCUT2D eigenvalue weighted by Crippen LogP contribution is -2.63. The van der Waals surface area contributed by atoms with Crippen molar-refractivity contribution in [2.45, 2.75) is 11.9 Å². The first kappa shape index (κ1) is 9.22. The van der Waals surface area contributed by atoms with Crippen molar-refractivity contribution in [3.63, 3.8) is 0 Å². The van der Waals surface area contributed by atoms with E-state index in [1.165, 1.54) is 12.1 Å². The van der Waals surface area contributed by atoms with Gasteiger partial charge < -0.3 is 29.9 Å². The van der Waals surface area contributed by atoms with Gasteiger partial charge >= 0.3 is 11.9 Å². The lowest BCUT2D eigenvalue weighted by molar-refractivity contribution is -0.500. The van der Waals surface area contributed by atoms with Crippen LogP contribution in [0.15, 0.2) is 24.3 Å². The van der Waals surface area contributed by atoms with E-state index in [1.54, 1.807) is 12.1 Å². The van der Waals surface area contributed by atoms with E-state index < -0.39 is 11.9 Å². The summed E-state index contributed by atoms with van der Waals surface area (Å²) >= 11 is 0. The summed E-state index contributed by atoms with van der Waals surface area (Å²) < 4.78 is 9.04. The Morgan fingerprint density at radius 1 is 0.786 bits per heavy atom. The Balaban J connectivity index is 2.46. The highest BCUT2D eigenvalue weighted by atomic mass is 16.9. The van der Waals surface area contributed by atoms with Crippen LogP contribution in [0.4, 0.5) is 0 Å². The lowest BCUT2D eigenvalue weighted by atomic mass is 10.3. The highest BCUT2D eigenvalue weighted by Gasteiger charge is 2.57. The second kappa shape index (κ2) is 2.58. The van der Waals surface area contributed by atoms with Gasteiger partial charge in [-0.05, 0) is 12.1 Å².